The maximum atomic E-state index is 11.5. The van der Waals surface area contributed by atoms with Gasteiger partial charge in [-0.15, -0.1) is 0 Å². The van der Waals surface area contributed by atoms with Crippen LogP contribution in [0, 0.1) is 0 Å². The Balaban J connectivity index is 1.87. The summed E-state index contributed by atoms with van der Waals surface area (Å²) in [6.07, 6.45) is 5.11. The number of fused-ring (bicyclic) bond motifs is 1. The molecule has 118 valence electrons. The maximum Gasteiger partial charge on any atom is 0.267 e. The molecule has 0 aliphatic heterocycles. The van der Waals surface area contributed by atoms with E-state index in [1.54, 1.807) is 4.40 Å². The lowest BCUT2D eigenvalue weighted by molar-refractivity contribution is 0.0995. The van der Waals surface area contributed by atoms with Crippen molar-refractivity contribution in [1.29, 1.82) is 0 Å². The van der Waals surface area contributed by atoms with E-state index in [-0.39, 0.29) is 0 Å². The van der Waals surface area contributed by atoms with Crippen LogP contribution in [0.3, 0.4) is 0 Å². The van der Waals surface area contributed by atoms with Gasteiger partial charge in [-0.25, -0.2) is 4.98 Å². The number of pyridine rings is 1. The van der Waals surface area contributed by atoms with Crippen LogP contribution >= 0.6 is 11.6 Å². The molecule has 0 atom stereocenters. The first-order valence-corrected chi connectivity index (χ1v) is 7.58. The maximum absolute atomic E-state index is 11.5. The third-order valence-electron chi connectivity index (χ3n) is 3.83. The molecule has 3 aromatic heterocycles. The van der Waals surface area contributed by atoms with Gasteiger partial charge in [0.25, 0.3) is 5.91 Å². The van der Waals surface area contributed by atoms with Gasteiger partial charge in [-0.1, -0.05) is 23.7 Å². The van der Waals surface area contributed by atoms with Crippen molar-refractivity contribution < 1.29 is 4.79 Å². The largest absolute Gasteiger partial charge is 0.364 e. The predicted octanol–water partition coefficient (Wildman–Crippen LogP) is 3.14. The Hall–Kier alpha value is -3.12. The smallest absolute Gasteiger partial charge is 0.267 e. The van der Waals surface area contributed by atoms with Gasteiger partial charge in [-0.2, -0.15) is 5.10 Å². The van der Waals surface area contributed by atoms with Crippen molar-refractivity contribution in [2.45, 2.75) is 0 Å². The number of rotatable bonds is 3. The Bertz CT molecular complexity index is 1050. The molecular formula is C17H12ClN5O. The molecule has 7 heteroatoms. The summed E-state index contributed by atoms with van der Waals surface area (Å²) in [6.45, 7) is 0. The third kappa shape index (κ3) is 2.33. The summed E-state index contributed by atoms with van der Waals surface area (Å²) >= 11 is 5.95. The number of hydrogen-bond donors (Lipinski definition) is 2. The molecule has 4 rings (SSSR count). The number of carbonyl (C=O) groups is 1. The number of nitrogens with one attached hydrogen (secondary N) is 1. The normalized spacial score (nSPS) is 11.0. The number of primary amides is 1. The zero-order chi connectivity index (χ0) is 16.7. The molecular weight excluding hydrogens is 326 g/mol. The van der Waals surface area contributed by atoms with Crippen LogP contribution in [-0.2, 0) is 0 Å². The number of nitrogens with zero attached hydrogens (tertiary/aromatic N) is 3. The molecule has 0 aliphatic carbocycles. The Morgan fingerprint density at radius 1 is 1.12 bits per heavy atom. The van der Waals surface area contributed by atoms with E-state index in [0.29, 0.717) is 16.4 Å². The number of nitrogens with two attached hydrogens (primary N) is 1. The van der Waals surface area contributed by atoms with Crippen molar-refractivity contribution in [3.63, 3.8) is 0 Å². The Kier molecular flexibility index (Phi) is 3.32. The fourth-order valence-electron chi connectivity index (χ4n) is 2.66. The average Bonchev–Trinajstić information content (AvgIpc) is 3.21. The summed E-state index contributed by atoms with van der Waals surface area (Å²) in [5, 5.41) is 7.89. The summed E-state index contributed by atoms with van der Waals surface area (Å²) in [5.41, 5.74) is 9.93. The van der Waals surface area contributed by atoms with Gasteiger partial charge in [0.05, 0.1) is 11.9 Å². The lowest BCUT2D eigenvalue weighted by Crippen LogP contribution is -2.13. The molecule has 4 aromatic rings. The number of aromatic nitrogens is 4. The van der Waals surface area contributed by atoms with Gasteiger partial charge < -0.3 is 5.73 Å². The van der Waals surface area contributed by atoms with Crippen LogP contribution in [-0.4, -0.2) is 25.5 Å². The summed E-state index contributed by atoms with van der Waals surface area (Å²) < 4.78 is 1.68. The number of imidazole rings is 1. The van der Waals surface area contributed by atoms with Crippen LogP contribution in [0.2, 0.25) is 5.02 Å². The molecule has 1 aromatic carbocycles. The zero-order valence-electron chi connectivity index (χ0n) is 12.4. The molecule has 24 heavy (non-hydrogen) atoms. The lowest BCUT2D eigenvalue weighted by atomic mass is 10.0. The van der Waals surface area contributed by atoms with E-state index < -0.39 is 5.91 Å². The van der Waals surface area contributed by atoms with Gasteiger partial charge in [0.15, 0.2) is 0 Å². The monoisotopic (exact) mass is 337 g/mol. The Morgan fingerprint density at radius 2 is 1.88 bits per heavy atom. The van der Waals surface area contributed by atoms with Crippen LogP contribution in [0.4, 0.5) is 0 Å². The van der Waals surface area contributed by atoms with E-state index in [0.717, 1.165) is 22.4 Å². The second-order valence-electron chi connectivity index (χ2n) is 5.31. The highest BCUT2D eigenvalue weighted by atomic mass is 35.5. The average molecular weight is 338 g/mol. The van der Waals surface area contributed by atoms with Gasteiger partial charge in [0, 0.05) is 34.1 Å². The van der Waals surface area contributed by atoms with Crippen molar-refractivity contribution in [1.82, 2.24) is 19.6 Å². The lowest BCUT2D eigenvalue weighted by Gasteiger charge is -2.05. The van der Waals surface area contributed by atoms with Gasteiger partial charge in [0.1, 0.15) is 11.3 Å². The molecule has 1 amide bonds. The van der Waals surface area contributed by atoms with Gasteiger partial charge in [-0.3, -0.25) is 14.3 Å². The van der Waals surface area contributed by atoms with Crippen LogP contribution in [0.15, 0.2) is 55.0 Å². The number of benzene rings is 1. The van der Waals surface area contributed by atoms with Crippen LogP contribution in [0.5, 0.6) is 0 Å². The minimum atomic E-state index is -0.523. The summed E-state index contributed by atoms with van der Waals surface area (Å²) in [5.74, 6) is -0.523. The first-order chi connectivity index (χ1) is 11.6. The number of halogens is 1. The van der Waals surface area contributed by atoms with E-state index in [1.807, 2.05) is 48.8 Å². The number of H-pyrrole nitrogens is 1. The summed E-state index contributed by atoms with van der Waals surface area (Å²) in [4.78, 5) is 15.7. The molecule has 0 bridgehead atoms. The zero-order valence-corrected chi connectivity index (χ0v) is 13.2. The molecule has 6 nitrogen and oxygen atoms in total. The molecule has 0 spiro atoms. The molecule has 0 radical (unpaired) electrons. The van der Waals surface area contributed by atoms with Crippen LogP contribution < -0.4 is 5.73 Å². The quantitative estimate of drug-likeness (QED) is 0.601. The fraction of sp³-hybridized carbons (Fsp3) is 0. The van der Waals surface area contributed by atoms with Crippen molar-refractivity contribution in [3.05, 3.63) is 65.7 Å². The Labute approximate surface area is 141 Å². The highest BCUT2D eigenvalue weighted by Crippen LogP contribution is 2.31. The third-order valence-corrected chi connectivity index (χ3v) is 4.08. The first kappa shape index (κ1) is 14.5. The van der Waals surface area contributed by atoms with Crippen LogP contribution in [0.1, 0.15) is 10.5 Å². The molecule has 0 saturated carbocycles. The fourth-order valence-corrected chi connectivity index (χ4v) is 2.79. The van der Waals surface area contributed by atoms with E-state index in [4.69, 9.17) is 17.3 Å². The molecule has 3 heterocycles. The van der Waals surface area contributed by atoms with Gasteiger partial charge in [-0.05, 0) is 24.3 Å². The van der Waals surface area contributed by atoms with Crippen molar-refractivity contribution >= 4 is 23.2 Å². The first-order valence-electron chi connectivity index (χ1n) is 7.20. The van der Waals surface area contributed by atoms with E-state index in [9.17, 15) is 4.79 Å². The molecule has 0 fully saturated rings. The molecule has 0 unspecified atom stereocenters. The van der Waals surface area contributed by atoms with E-state index in [1.165, 1.54) is 6.20 Å². The van der Waals surface area contributed by atoms with Gasteiger partial charge >= 0.3 is 0 Å². The van der Waals surface area contributed by atoms with E-state index >= 15 is 0 Å². The second-order valence-corrected chi connectivity index (χ2v) is 5.74. The number of aromatic amines is 1. The Morgan fingerprint density at radius 3 is 2.62 bits per heavy atom. The molecule has 0 saturated heterocycles. The predicted molar refractivity (Wildman–Crippen MR) is 91.7 cm³/mol. The van der Waals surface area contributed by atoms with Crippen molar-refractivity contribution in [2.75, 3.05) is 0 Å². The minimum absolute atomic E-state index is 0.336. The van der Waals surface area contributed by atoms with E-state index in [2.05, 4.69) is 15.2 Å². The van der Waals surface area contributed by atoms with Crippen molar-refractivity contribution in [3.8, 4) is 22.4 Å². The second kappa shape index (κ2) is 5.50. The topological polar surface area (TPSA) is 89.1 Å². The number of amides is 1. The molecule has 3 N–H and O–H groups in total. The van der Waals surface area contributed by atoms with Gasteiger partial charge in [0.2, 0.25) is 0 Å². The highest BCUT2D eigenvalue weighted by molar-refractivity contribution is 6.30. The number of hydrogen-bond acceptors (Lipinski definition) is 3. The van der Waals surface area contributed by atoms with Crippen molar-refractivity contribution in [2.24, 2.45) is 5.73 Å². The summed E-state index contributed by atoms with van der Waals surface area (Å²) in [6, 6.07) is 11.2. The standard InChI is InChI=1S/C17H12ClN5O/c18-12-4-1-10(2-5-12)16-13(7-21-22-16)11-3-6-15-20-8-14(17(19)24)23(15)9-11/h1-9H,(H2,19,24)(H,21,22). The summed E-state index contributed by atoms with van der Waals surface area (Å²) in [7, 11) is 0. The number of carbonyl (C=O) groups excluding carboxylic acids is 1. The molecule has 0 aliphatic rings. The minimum Gasteiger partial charge on any atom is -0.364 e. The SMILES string of the molecule is NC(=O)c1cnc2ccc(-c3c[nH]nc3-c3ccc(Cl)cc3)cn12. The van der Waals surface area contributed by atoms with Crippen LogP contribution in [0.25, 0.3) is 28.0 Å². The highest BCUT2D eigenvalue weighted by Gasteiger charge is 2.14.